The minimum atomic E-state index is -0.980. The topological polar surface area (TPSA) is 85.4 Å². The molecule has 0 saturated heterocycles. The van der Waals surface area contributed by atoms with Gasteiger partial charge in [0.25, 0.3) is 5.91 Å². The molecule has 142 valence electrons. The number of esters is 1. The maximum Gasteiger partial charge on any atom is 0.307 e. The van der Waals surface area contributed by atoms with Gasteiger partial charge in [0.15, 0.2) is 11.9 Å². The Kier molecular flexibility index (Phi) is 6.11. The fraction of sp³-hybridized carbons (Fsp3) is 0.182. The Morgan fingerprint density at radius 1 is 0.964 bits per heavy atom. The number of ether oxygens (including phenoxy) is 1. The molecule has 0 spiro atoms. The van der Waals surface area contributed by atoms with E-state index in [0.29, 0.717) is 11.3 Å². The number of carbonyl (C=O) groups is 3. The number of ketones is 1. The Bertz CT molecular complexity index is 996. The molecule has 6 nitrogen and oxygen atoms in total. The molecule has 1 unspecified atom stereocenters. The first-order valence-corrected chi connectivity index (χ1v) is 8.97. The van der Waals surface area contributed by atoms with E-state index in [0.717, 1.165) is 10.9 Å². The van der Waals surface area contributed by atoms with E-state index in [1.807, 2.05) is 18.2 Å². The molecule has 3 aromatic rings. The van der Waals surface area contributed by atoms with Crippen molar-refractivity contribution in [3.8, 4) is 0 Å². The van der Waals surface area contributed by atoms with Gasteiger partial charge < -0.3 is 10.1 Å². The van der Waals surface area contributed by atoms with Gasteiger partial charge in [-0.15, -0.1) is 0 Å². The van der Waals surface area contributed by atoms with E-state index in [4.69, 9.17) is 4.74 Å². The van der Waals surface area contributed by atoms with Gasteiger partial charge in [-0.25, -0.2) is 0 Å². The number of nitrogens with zero attached hydrogens (tertiary/aromatic N) is 1. The molecular formula is C22H20N2O4. The van der Waals surface area contributed by atoms with Crippen molar-refractivity contribution in [1.82, 2.24) is 4.98 Å². The van der Waals surface area contributed by atoms with Gasteiger partial charge in [-0.2, -0.15) is 0 Å². The van der Waals surface area contributed by atoms with Gasteiger partial charge in [0.1, 0.15) is 0 Å². The number of anilines is 1. The normalized spacial score (nSPS) is 11.6. The van der Waals surface area contributed by atoms with Crippen LogP contribution in [0.2, 0.25) is 0 Å². The van der Waals surface area contributed by atoms with E-state index in [1.54, 1.807) is 48.7 Å². The van der Waals surface area contributed by atoms with Crippen LogP contribution in [0.1, 0.15) is 30.1 Å². The summed E-state index contributed by atoms with van der Waals surface area (Å²) in [6.45, 7) is 1.50. The highest BCUT2D eigenvalue weighted by atomic mass is 16.5. The highest BCUT2D eigenvalue weighted by Crippen LogP contribution is 2.21. The lowest BCUT2D eigenvalue weighted by atomic mass is 10.1. The number of pyridine rings is 1. The third-order valence-electron chi connectivity index (χ3n) is 4.23. The molecule has 1 heterocycles. The lowest BCUT2D eigenvalue weighted by Gasteiger charge is -2.14. The summed E-state index contributed by atoms with van der Waals surface area (Å²) in [4.78, 5) is 40.7. The zero-order chi connectivity index (χ0) is 19.9. The standard InChI is InChI=1S/C22H20N2O4/c1-15(28-21(26)13-12-20(25)16-7-3-2-4-8-16)22(27)24-19-11-5-10-18-17(19)9-6-14-23-18/h2-11,14-15H,12-13H2,1H3,(H,24,27). The second-order valence-corrected chi connectivity index (χ2v) is 6.29. The van der Waals surface area contributed by atoms with Crippen LogP contribution in [-0.2, 0) is 14.3 Å². The van der Waals surface area contributed by atoms with Gasteiger partial charge in [-0.1, -0.05) is 36.4 Å². The molecule has 3 rings (SSSR count). The quantitative estimate of drug-likeness (QED) is 0.501. The van der Waals surface area contributed by atoms with Crippen LogP contribution in [0.15, 0.2) is 66.9 Å². The Labute approximate surface area is 162 Å². The lowest BCUT2D eigenvalue weighted by molar-refractivity contribution is -0.153. The van der Waals surface area contributed by atoms with Crippen molar-refractivity contribution >= 4 is 34.3 Å². The summed E-state index contributed by atoms with van der Waals surface area (Å²) >= 11 is 0. The number of benzene rings is 2. The van der Waals surface area contributed by atoms with Crippen molar-refractivity contribution in [3.63, 3.8) is 0 Å². The van der Waals surface area contributed by atoms with Crippen molar-refractivity contribution in [2.45, 2.75) is 25.9 Å². The van der Waals surface area contributed by atoms with Crippen LogP contribution in [0.25, 0.3) is 10.9 Å². The number of carbonyl (C=O) groups excluding carboxylic acids is 3. The average Bonchev–Trinajstić information content (AvgIpc) is 2.73. The maximum absolute atomic E-state index is 12.4. The molecule has 0 aliphatic carbocycles. The smallest absolute Gasteiger partial charge is 0.307 e. The van der Waals surface area contributed by atoms with Crippen LogP contribution < -0.4 is 5.32 Å². The second kappa shape index (κ2) is 8.90. The first-order chi connectivity index (χ1) is 13.5. The first kappa shape index (κ1) is 19.2. The van der Waals surface area contributed by atoms with Crippen molar-refractivity contribution in [3.05, 3.63) is 72.4 Å². The van der Waals surface area contributed by atoms with Gasteiger partial charge in [-0.05, 0) is 31.2 Å². The van der Waals surface area contributed by atoms with Crippen LogP contribution >= 0.6 is 0 Å². The molecule has 0 aliphatic heterocycles. The molecule has 0 aliphatic rings. The van der Waals surface area contributed by atoms with Gasteiger partial charge >= 0.3 is 5.97 Å². The van der Waals surface area contributed by atoms with E-state index in [9.17, 15) is 14.4 Å². The summed E-state index contributed by atoms with van der Waals surface area (Å²) in [5.41, 5.74) is 1.90. The number of nitrogens with one attached hydrogen (secondary N) is 1. The van der Waals surface area contributed by atoms with Gasteiger partial charge in [0.05, 0.1) is 17.6 Å². The van der Waals surface area contributed by atoms with E-state index in [2.05, 4.69) is 10.3 Å². The molecule has 0 radical (unpaired) electrons. The van der Waals surface area contributed by atoms with E-state index in [-0.39, 0.29) is 18.6 Å². The van der Waals surface area contributed by atoms with Crippen molar-refractivity contribution in [1.29, 1.82) is 0 Å². The van der Waals surface area contributed by atoms with E-state index >= 15 is 0 Å². The Morgan fingerprint density at radius 2 is 1.75 bits per heavy atom. The highest BCUT2D eigenvalue weighted by Gasteiger charge is 2.19. The minimum absolute atomic E-state index is 0.0339. The van der Waals surface area contributed by atoms with Crippen LogP contribution in [0, 0.1) is 0 Å². The summed E-state index contributed by atoms with van der Waals surface area (Å²) in [5.74, 6) is -1.18. The number of fused-ring (bicyclic) bond motifs is 1. The van der Waals surface area contributed by atoms with Crippen LogP contribution in [0.5, 0.6) is 0 Å². The predicted molar refractivity (Wildman–Crippen MR) is 106 cm³/mol. The van der Waals surface area contributed by atoms with Crippen LogP contribution in [0.4, 0.5) is 5.69 Å². The molecular weight excluding hydrogens is 356 g/mol. The Balaban J connectivity index is 1.53. The molecule has 0 fully saturated rings. The first-order valence-electron chi connectivity index (χ1n) is 8.97. The van der Waals surface area contributed by atoms with Gasteiger partial charge in [0, 0.05) is 23.6 Å². The third-order valence-corrected chi connectivity index (χ3v) is 4.23. The number of Topliss-reactive ketones (excluding diaryl/α,β-unsaturated/α-hetero) is 1. The van der Waals surface area contributed by atoms with E-state index in [1.165, 1.54) is 6.92 Å². The molecule has 0 bridgehead atoms. The summed E-state index contributed by atoms with van der Waals surface area (Å²) in [7, 11) is 0. The fourth-order valence-electron chi connectivity index (χ4n) is 2.74. The molecule has 1 atom stereocenters. The summed E-state index contributed by atoms with van der Waals surface area (Å²) < 4.78 is 5.16. The minimum Gasteiger partial charge on any atom is -0.453 e. The van der Waals surface area contributed by atoms with Crippen molar-refractivity contribution in [2.24, 2.45) is 0 Å². The SMILES string of the molecule is CC(OC(=O)CCC(=O)c1ccccc1)C(=O)Nc1cccc2ncccc12. The number of hydrogen-bond donors (Lipinski definition) is 1. The fourth-order valence-corrected chi connectivity index (χ4v) is 2.74. The zero-order valence-electron chi connectivity index (χ0n) is 15.4. The van der Waals surface area contributed by atoms with Gasteiger partial charge in [0.2, 0.25) is 0 Å². The van der Waals surface area contributed by atoms with Gasteiger partial charge in [-0.3, -0.25) is 19.4 Å². The highest BCUT2D eigenvalue weighted by molar-refractivity contribution is 6.03. The van der Waals surface area contributed by atoms with Crippen molar-refractivity contribution in [2.75, 3.05) is 5.32 Å². The summed E-state index contributed by atoms with van der Waals surface area (Å²) in [6, 6.07) is 17.8. The lowest BCUT2D eigenvalue weighted by Crippen LogP contribution is -2.30. The Hall–Kier alpha value is -3.54. The van der Waals surface area contributed by atoms with E-state index < -0.39 is 18.0 Å². The number of rotatable bonds is 7. The molecule has 28 heavy (non-hydrogen) atoms. The number of amides is 1. The molecule has 2 aromatic carbocycles. The zero-order valence-corrected chi connectivity index (χ0v) is 15.4. The molecule has 0 saturated carbocycles. The largest absolute Gasteiger partial charge is 0.453 e. The monoisotopic (exact) mass is 376 g/mol. The predicted octanol–water partition coefficient (Wildman–Crippen LogP) is 3.77. The van der Waals surface area contributed by atoms with Crippen LogP contribution in [-0.4, -0.2) is 28.7 Å². The average molecular weight is 376 g/mol. The Morgan fingerprint density at radius 3 is 2.54 bits per heavy atom. The van der Waals surface area contributed by atoms with Crippen LogP contribution in [0.3, 0.4) is 0 Å². The maximum atomic E-state index is 12.4. The molecule has 1 N–H and O–H groups in total. The molecule has 1 amide bonds. The van der Waals surface area contributed by atoms with Crippen molar-refractivity contribution < 1.29 is 19.1 Å². The molecule has 1 aromatic heterocycles. The summed E-state index contributed by atoms with van der Waals surface area (Å²) in [6.07, 6.45) is 0.649. The number of aromatic nitrogens is 1. The third kappa shape index (κ3) is 4.79. The molecule has 6 heteroatoms. The summed E-state index contributed by atoms with van der Waals surface area (Å²) in [5, 5.41) is 3.55. The second-order valence-electron chi connectivity index (χ2n) is 6.29. The number of hydrogen-bond acceptors (Lipinski definition) is 5.